The number of para-hydroxylation sites is 1. The van der Waals surface area contributed by atoms with Gasteiger partial charge in [-0.3, -0.25) is 14.0 Å². The highest BCUT2D eigenvalue weighted by molar-refractivity contribution is 7.92. The maximum atomic E-state index is 13.1. The van der Waals surface area contributed by atoms with Crippen LogP contribution >= 0.6 is 0 Å². The van der Waals surface area contributed by atoms with Gasteiger partial charge in [0, 0.05) is 32.2 Å². The molecule has 0 spiro atoms. The van der Waals surface area contributed by atoms with Gasteiger partial charge in [-0.05, 0) is 42.0 Å². The number of hydrogen-bond donors (Lipinski definition) is 1. The smallest absolute Gasteiger partial charge is 0.264 e. The molecule has 3 aromatic carbocycles. The summed E-state index contributed by atoms with van der Waals surface area (Å²) in [5.41, 5.74) is 1.99. The van der Waals surface area contributed by atoms with Gasteiger partial charge in [-0.2, -0.15) is 0 Å². The monoisotopic (exact) mass is 479 g/mol. The lowest BCUT2D eigenvalue weighted by atomic mass is 10.1. The summed E-state index contributed by atoms with van der Waals surface area (Å²) in [7, 11) is -2.22. The van der Waals surface area contributed by atoms with Crippen LogP contribution in [0.1, 0.15) is 22.0 Å². The molecule has 1 aliphatic heterocycles. The lowest BCUT2D eigenvalue weighted by Crippen LogP contribution is -2.43. The van der Waals surface area contributed by atoms with Crippen molar-refractivity contribution in [1.82, 2.24) is 10.2 Å². The number of nitrogens with zero attached hydrogens (tertiary/aromatic N) is 2. The first-order valence-corrected chi connectivity index (χ1v) is 12.7. The Hall–Kier alpha value is -3.20. The number of morpholine rings is 1. The third kappa shape index (κ3) is 5.64. The Bertz CT molecular complexity index is 1180. The molecule has 1 N–H and O–H groups in total. The van der Waals surface area contributed by atoms with Crippen molar-refractivity contribution < 1.29 is 17.9 Å². The minimum absolute atomic E-state index is 0.128. The second-order valence-electron chi connectivity index (χ2n) is 8.18. The molecule has 0 aromatic heterocycles. The van der Waals surface area contributed by atoms with Crippen LogP contribution < -0.4 is 9.62 Å². The van der Waals surface area contributed by atoms with Gasteiger partial charge in [-0.1, -0.05) is 48.5 Å². The molecule has 1 aliphatic rings. The number of rotatable bonds is 8. The normalized spacial score (nSPS) is 15.4. The van der Waals surface area contributed by atoms with Crippen LogP contribution in [0.4, 0.5) is 5.69 Å². The van der Waals surface area contributed by atoms with E-state index < -0.39 is 10.0 Å². The molecule has 1 atom stereocenters. The fourth-order valence-corrected chi connectivity index (χ4v) is 5.11. The summed E-state index contributed by atoms with van der Waals surface area (Å²) in [6.45, 7) is 3.68. The number of amides is 1. The molecule has 3 aromatic rings. The Morgan fingerprint density at radius 3 is 2.15 bits per heavy atom. The lowest BCUT2D eigenvalue weighted by Gasteiger charge is -2.31. The van der Waals surface area contributed by atoms with Crippen LogP contribution in [0.5, 0.6) is 0 Å². The summed E-state index contributed by atoms with van der Waals surface area (Å²) in [5, 5.41) is 3.12. The number of anilines is 1. The first-order valence-electron chi connectivity index (χ1n) is 11.2. The van der Waals surface area contributed by atoms with Crippen LogP contribution in [0.3, 0.4) is 0 Å². The van der Waals surface area contributed by atoms with E-state index in [-0.39, 0.29) is 16.8 Å². The van der Waals surface area contributed by atoms with E-state index in [1.54, 1.807) is 36.4 Å². The van der Waals surface area contributed by atoms with E-state index in [9.17, 15) is 13.2 Å². The molecular formula is C26H29N3O4S. The molecule has 0 radical (unpaired) electrons. The van der Waals surface area contributed by atoms with Crippen molar-refractivity contribution in [3.05, 3.63) is 96.1 Å². The predicted octanol–water partition coefficient (Wildman–Crippen LogP) is 3.32. The Morgan fingerprint density at radius 1 is 0.941 bits per heavy atom. The third-order valence-electron chi connectivity index (χ3n) is 5.95. The minimum atomic E-state index is -3.74. The summed E-state index contributed by atoms with van der Waals surface area (Å²) in [6.07, 6.45) is 0. The summed E-state index contributed by atoms with van der Waals surface area (Å²) in [6, 6.07) is 24.6. The maximum absolute atomic E-state index is 13.1. The molecule has 0 saturated carbocycles. The largest absolute Gasteiger partial charge is 0.379 e. The van der Waals surface area contributed by atoms with Gasteiger partial charge in [0.2, 0.25) is 0 Å². The van der Waals surface area contributed by atoms with Gasteiger partial charge >= 0.3 is 0 Å². The van der Waals surface area contributed by atoms with Crippen LogP contribution in [0, 0.1) is 0 Å². The Morgan fingerprint density at radius 2 is 1.53 bits per heavy atom. The van der Waals surface area contributed by atoms with Gasteiger partial charge in [-0.25, -0.2) is 8.42 Å². The fraction of sp³-hybridized carbons (Fsp3) is 0.269. The van der Waals surface area contributed by atoms with E-state index in [4.69, 9.17) is 4.74 Å². The van der Waals surface area contributed by atoms with E-state index in [1.807, 2.05) is 36.4 Å². The zero-order valence-corrected chi connectivity index (χ0v) is 19.9. The topological polar surface area (TPSA) is 79.0 Å². The molecule has 1 amide bonds. The zero-order chi connectivity index (χ0) is 24.0. The number of carbonyl (C=O) groups excluding carboxylic acids is 1. The van der Waals surface area contributed by atoms with E-state index in [2.05, 4.69) is 10.2 Å². The standard InChI is InChI=1S/C26H29N3O4S/c1-28(23-10-6-3-7-11-23)34(31,32)24-14-12-22(13-15-24)26(30)27-25(21-8-4-2-5-9-21)20-29-16-18-33-19-17-29/h2-15,25H,16-20H2,1H3,(H,27,30)/t25-/m1/s1. The summed E-state index contributed by atoms with van der Waals surface area (Å²) < 4.78 is 32.7. The molecule has 4 rings (SSSR count). The number of hydrogen-bond acceptors (Lipinski definition) is 5. The summed E-state index contributed by atoms with van der Waals surface area (Å²) >= 11 is 0. The maximum Gasteiger partial charge on any atom is 0.264 e. The van der Waals surface area contributed by atoms with Crippen molar-refractivity contribution in [1.29, 1.82) is 0 Å². The van der Waals surface area contributed by atoms with Crippen LogP contribution in [-0.2, 0) is 14.8 Å². The van der Waals surface area contributed by atoms with Crippen molar-refractivity contribution >= 4 is 21.6 Å². The molecule has 1 fully saturated rings. The first kappa shape index (κ1) is 23.9. The molecule has 34 heavy (non-hydrogen) atoms. The number of carbonyl (C=O) groups is 1. The molecule has 0 bridgehead atoms. The highest BCUT2D eigenvalue weighted by Gasteiger charge is 2.23. The molecule has 8 heteroatoms. The van der Waals surface area contributed by atoms with Gasteiger partial charge < -0.3 is 10.1 Å². The average Bonchev–Trinajstić information content (AvgIpc) is 2.89. The van der Waals surface area contributed by atoms with Gasteiger partial charge in [0.05, 0.1) is 29.8 Å². The van der Waals surface area contributed by atoms with E-state index >= 15 is 0 Å². The number of nitrogens with one attached hydrogen (secondary N) is 1. The van der Waals surface area contributed by atoms with E-state index in [0.29, 0.717) is 31.0 Å². The Balaban J connectivity index is 1.49. The van der Waals surface area contributed by atoms with Crippen molar-refractivity contribution in [2.24, 2.45) is 0 Å². The van der Waals surface area contributed by atoms with Crippen molar-refractivity contribution in [3.8, 4) is 0 Å². The van der Waals surface area contributed by atoms with Gasteiger partial charge in [-0.15, -0.1) is 0 Å². The summed E-state index contributed by atoms with van der Waals surface area (Å²) in [4.78, 5) is 15.5. The predicted molar refractivity (Wildman–Crippen MR) is 132 cm³/mol. The van der Waals surface area contributed by atoms with Crippen molar-refractivity contribution in [3.63, 3.8) is 0 Å². The second-order valence-corrected chi connectivity index (χ2v) is 10.2. The highest BCUT2D eigenvalue weighted by Crippen LogP contribution is 2.22. The molecule has 1 heterocycles. The first-order chi connectivity index (χ1) is 16.4. The zero-order valence-electron chi connectivity index (χ0n) is 19.1. The number of benzene rings is 3. The number of ether oxygens (including phenoxy) is 1. The number of sulfonamides is 1. The molecule has 178 valence electrons. The second kappa shape index (κ2) is 10.8. The SMILES string of the molecule is CN(c1ccccc1)S(=O)(=O)c1ccc(C(=O)N[C@H](CN2CCOCC2)c2ccccc2)cc1. The molecule has 1 saturated heterocycles. The molecule has 7 nitrogen and oxygen atoms in total. The molecule has 0 unspecified atom stereocenters. The fourth-order valence-electron chi connectivity index (χ4n) is 3.92. The van der Waals surface area contributed by atoms with Crippen LogP contribution in [0.25, 0.3) is 0 Å². The summed E-state index contributed by atoms with van der Waals surface area (Å²) in [5.74, 6) is -0.248. The molecule has 0 aliphatic carbocycles. The van der Waals surface area contributed by atoms with Crippen molar-refractivity contribution in [2.75, 3.05) is 44.2 Å². The Labute approximate surface area is 201 Å². The van der Waals surface area contributed by atoms with Gasteiger partial charge in [0.1, 0.15) is 0 Å². The van der Waals surface area contributed by atoms with Gasteiger partial charge in [0.15, 0.2) is 0 Å². The lowest BCUT2D eigenvalue weighted by molar-refractivity contribution is 0.0332. The average molecular weight is 480 g/mol. The van der Waals surface area contributed by atoms with Gasteiger partial charge in [0.25, 0.3) is 15.9 Å². The van der Waals surface area contributed by atoms with Crippen LogP contribution in [-0.4, -0.2) is 59.1 Å². The Kier molecular flexibility index (Phi) is 7.62. The third-order valence-corrected chi connectivity index (χ3v) is 7.75. The molecular weight excluding hydrogens is 450 g/mol. The van der Waals surface area contributed by atoms with Crippen molar-refractivity contribution in [2.45, 2.75) is 10.9 Å². The highest BCUT2D eigenvalue weighted by atomic mass is 32.2. The van der Waals surface area contributed by atoms with E-state index in [0.717, 1.165) is 18.7 Å². The van der Waals surface area contributed by atoms with Crippen LogP contribution in [0.2, 0.25) is 0 Å². The van der Waals surface area contributed by atoms with E-state index in [1.165, 1.54) is 23.5 Å². The quantitative estimate of drug-likeness (QED) is 0.536. The van der Waals surface area contributed by atoms with Crippen LogP contribution in [0.15, 0.2) is 89.8 Å². The minimum Gasteiger partial charge on any atom is -0.379 e.